The molecule has 2 aromatic carbocycles. The SMILES string of the molecule is Cl.O=C(N[C@@H](CCN1CCC2(CC1)NC(=O)N(Cc1ccc(-n3cccn3)cc1)C2=O)c1ccccc1)C1CC1. The molecule has 3 aromatic rings. The number of likely N-dealkylation sites (tertiary alicyclic amines) is 1. The summed E-state index contributed by atoms with van der Waals surface area (Å²) in [6.45, 7) is 2.50. The number of hydrogen-bond donors (Lipinski definition) is 2. The van der Waals surface area contributed by atoms with E-state index < -0.39 is 5.54 Å². The fraction of sp³-hybridized carbons (Fsp3) is 0.400. The third kappa shape index (κ3) is 5.90. The van der Waals surface area contributed by atoms with Crippen LogP contribution in [0.15, 0.2) is 73.1 Å². The van der Waals surface area contributed by atoms with Crippen LogP contribution in [0.3, 0.4) is 0 Å². The Hall–Kier alpha value is -3.69. The number of imide groups is 1. The quantitative estimate of drug-likeness (QED) is 0.386. The lowest BCUT2D eigenvalue weighted by atomic mass is 9.87. The average Bonchev–Trinajstić information content (AvgIpc) is 3.63. The summed E-state index contributed by atoms with van der Waals surface area (Å²) in [7, 11) is 0. The molecule has 10 heteroatoms. The first kappa shape index (κ1) is 27.9. The minimum atomic E-state index is -0.832. The van der Waals surface area contributed by atoms with E-state index in [9.17, 15) is 14.4 Å². The van der Waals surface area contributed by atoms with Crippen molar-refractivity contribution in [3.05, 3.63) is 84.2 Å². The molecule has 1 aromatic heterocycles. The monoisotopic (exact) mass is 562 g/mol. The van der Waals surface area contributed by atoms with Crippen LogP contribution in [0.1, 0.15) is 49.3 Å². The van der Waals surface area contributed by atoms with E-state index in [4.69, 9.17) is 0 Å². The Bertz CT molecular complexity index is 1320. The van der Waals surface area contributed by atoms with Gasteiger partial charge in [0, 0.05) is 37.9 Å². The summed E-state index contributed by atoms with van der Waals surface area (Å²) in [6.07, 6.45) is 7.52. The van der Waals surface area contributed by atoms with E-state index in [1.165, 1.54) is 4.90 Å². The number of aromatic nitrogens is 2. The first-order chi connectivity index (χ1) is 19.0. The van der Waals surface area contributed by atoms with E-state index in [1.807, 2.05) is 54.7 Å². The third-order valence-corrected chi connectivity index (χ3v) is 8.20. The molecule has 4 amide bonds. The van der Waals surface area contributed by atoms with Crippen LogP contribution < -0.4 is 10.6 Å². The Labute approximate surface area is 240 Å². The largest absolute Gasteiger partial charge is 0.349 e. The van der Waals surface area contributed by atoms with Gasteiger partial charge in [0.1, 0.15) is 5.54 Å². The lowest BCUT2D eigenvalue weighted by Gasteiger charge is -2.37. The van der Waals surface area contributed by atoms with Gasteiger partial charge < -0.3 is 15.5 Å². The van der Waals surface area contributed by atoms with E-state index in [0.29, 0.717) is 12.8 Å². The lowest BCUT2D eigenvalue weighted by molar-refractivity contribution is -0.133. The van der Waals surface area contributed by atoms with E-state index in [-0.39, 0.29) is 48.8 Å². The van der Waals surface area contributed by atoms with Gasteiger partial charge in [0.2, 0.25) is 5.91 Å². The van der Waals surface area contributed by atoms with Crippen molar-refractivity contribution in [3.8, 4) is 5.69 Å². The Kier molecular flexibility index (Phi) is 8.23. The molecule has 1 saturated carbocycles. The van der Waals surface area contributed by atoms with Crippen LogP contribution in [0, 0.1) is 5.92 Å². The summed E-state index contributed by atoms with van der Waals surface area (Å²) in [5.74, 6) is 0.180. The molecule has 3 aliphatic rings. The van der Waals surface area contributed by atoms with Gasteiger partial charge in [-0.05, 0) is 61.4 Å². The van der Waals surface area contributed by atoms with Crippen LogP contribution in [0.5, 0.6) is 0 Å². The maximum atomic E-state index is 13.5. The van der Waals surface area contributed by atoms with Crippen LogP contribution in [0.25, 0.3) is 5.69 Å². The normalized spacial score (nSPS) is 19.2. The summed E-state index contributed by atoms with van der Waals surface area (Å²) in [5, 5.41) is 10.5. The first-order valence-electron chi connectivity index (χ1n) is 13.8. The summed E-state index contributed by atoms with van der Waals surface area (Å²) in [6, 6.07) is 19.4. The topological polar surface area (TPSA) is 99.6 Å². The van der Waals surface area contributed by atoms with E-state index >= 15 is 0 Å². The number of nitrogens with zero attached hydrogens (tertiary/aromatic N) is 4. The molecule has 2 N–H and O–H groups in total. The molecule has 1 spiro atoms. The van der Waals surface area contributed by atoms with Crippen molar-refractivity contribution in [2.75, 3.05) is 19.6 Å². The molecule has 3 fully saturated rings. The molecule has 2 aliphatic heterocycles. The number of carbonyl (C=O) groups excluding carboxylic acids is 3. The van der Waals surface area contributed by atoms with Crippen molar-refractivity contribution in [2.45, 2.75) is 50.2 Å². The fourth-order valence-corrected chi connectivity index (χ4v) is 5.63. The number of hydrogen-bond acceptors (Lipinski definition) is 5. The highest BCUT2D eigenvalue weighted by molar-refractivity contribution is 6.07. The number of benzene rings is 2. The molecule has 2 saturated heterocycles. The molecule has 0 bridgehead atoms. The highest BCUT2D eigenvalue weighted by Gasteiger charge is 2.52. The Balaban J connectivity index is 0.00000323. The third-order valence-electron chi connectivity index (χ3n) is 8.20. The molecule has 0 radical (unpaired) electrons. The smallest absolute Gasteiger partial charge is 0.325 e. The van der Waals surface area contributed by atoms with Crippen molar-refractivity contribution >= 4 is 30.3 Å². The van der Waals surface area contributed by atoms with Crippen molar-refractivity contribution in [2.24, 2.45) is 5.92 Å². The number of urea groups is 1. The van der Waals surface area contributed by atoms with Gasteiger partial charge in [-0.25, -0.2) is 9.48 Å². The van der Waals surface area contributed by atoms with Crippen molar-refractivity contribution in [1.29, 1.82) is 0 Å². The molecule has 40 heavy (non-hydrogen) atoms. The van der Waals surface area contributed by atoms with E-state index in [1.54, 1.807) is 10.9 Å². The van der Waals surface area contributed by atoms with Crippen molar-refractivity contribution < 1.29 is 14.4 Å². The van der Waals surface area contributed by atoms with E-state index in [2.05, 4.69) is 32.8 Å². The molecular weight excluding hydrogens is 528 g/mol. The molecule has 210 valence electrons. The highest BCUT2D eigenvalue weighted by Crippen LogP contribution is 2.32. The van der Waals surface area contributed by atoms with Gasteiger partial charge in [-0.2, -0.15) is 5.10 Å². The van der Waals surface area contributed by atoms with Gasteiger partial charge in [-0.15, -0.1) is 12.4 Å². The predicted octanol–water partition coefficient (Wildman–Crippen LogP) is 3.84. The van der Waals surface area contributed by atoms with Gasteiger partial charge in [0.15, 0.2) is 0 Å². The molecular formula is C30H35ClN6O3. The van der Waals surface area contributed by atoms with Crippen LogP contribution >= 0.6 is 12.4 Å². The molecule has 9 nitrogen and oxygen atoms in total. The maximum absolute atomic E-state index is 13.5. The standard InChI is InChI=1S/C30H34N6O3.ClH/c37-27(24-9-10-24)32-26(23-5-2-1-3-6-23)13-18-34-19-14-30(15-20-34)28(38)35(29(39)33-30)21-22-7-11-25(12-8-22)36-17-4-16-31-36;/h1-8,11-12,16-17,24,26H,9-10,13-15,18-21H2,(H,32,37)(H,33,39);1H/t26-;/m0./s1. The molecule has 6 rings (SSSR count). The highest BCUT2D eigenvalue weighted by atomic mass is 35.5. The van der Waals surface area contributed by atoms with Crippen LogP contribution in [-0.2, 0) is 16.1 Å². The number of halogens is 1. The Morgan fingerprint density at radius 1 is 1.02 bits per heavy atom. The van der Waals surface area contributed by atoms with Crippen LogP contribution in [-0.4, -0.2) is 62.6 Å². The van der Waals surface area contributed by atoms with Gasteiger partial charge in [-0.3, -0.25) is 14.5 Å². The molecule has 0 unspecified atom stereocenters. The molecule has 3 heterocycles. The molecule has 1 atom stereocenters. The zero-order valence-corrected chi connectivity index (χ0v) is 23.2. The number of carbonyl (C=O) groups is 3. The second kappa shape index (κ2) is 11.8. The summed E-state index contributed by atoms with van der Waals surface area (Å²) < 4.78 is 1.77. The Morgan fingerprint density at radius 2 is 1.75 bits per heavy atom. The summed E-state index contributed by atoms with van der Waals surface area (Å²) >= 11 is 0. The van der Waals surface area contributed by atoms with Crippen molar-refractivity contribution in [3.63, 3.8) is 0 Å². The minimum absolute atomic E-state index is 0. The van der Waals surface area contributed by atoms with Crippen LogP contribution in [0.4, 0.5) is 4.79 Å². The summed E-state index contributed by atoms with van der Waals surface area (Å²) in [4.78, 5) is 42.5. The summed E-state index contributed by atoms with van der Waals surface area (Å²) in [5.41, 5.74) is 2.10. The maximum Gasteiger partial charge on any atom is 0.325 e. The van der Waals surface area contributed by atoms with Gasteiger partial charge in [0.25, 0.3) is 5.91 Å². The zero-order chi connectivity index (χ0) is 26.8. The number of nitrogens with one attached hydrogen (secondary N) is 2. The van der Waals surface area contributed by atoms with Crippen LogP contribution in [0.2, 0.25) is 0 Å². The zero-order valence-electron chi connectivity index (χ0n) is 22.4. The van der Waals surface area contributed by atoms with Gasteiger partial charge in [0.05, 0.1) is 18.3 Å². The average molecular weight is 563 g/mol. The minimum Gasteiger partial charge on any atom is -0.349 e. The lowest BCUT2D eigenvalue weighted by Crippen LogP contribution is -2.55. The number of amides is 4. The fourth-order valence-electron chi connectivity index (χ4n) is 5.63. The van der Waals surface area contributed by atoms with E-state index in [0.717, 1.165) is 55.7 Å². The second-order valence-electron chi connectivity index (χ2n) is 10.9. The van der Waals surface area contributed by atoms with Crippen molar-refractivity contribution in [1.82, 2.24) is 30.2 Å². The number of rotatable bonds is 9. The predicted molar refractivity (Wildman–Crippen MR) is 153 cm³/mol. The Morgan fingerprint density at radius 3 is 2.40 bits per heavy atom. The van der Waals surface area contributed by atoms with Gasteiger partial charge in [-0.1, -0.05) is 42.5 Å². The second-order valence-corrected chi connectivity index (χ2v) is 10.9. The molecule has 1 aliphatic carbocycles. The number of piperidine rings is 1. The van der Waals surface area contributed by atoms with Gasteiger partial charge >= 0.3 is 6.03 Å². The first-order valence-corrected chi connectivity index (χ1v) is 13.8.